The summed E-state index contributed by atoms with van der Waals surface area (Å²) in [7, 11) is 1.56. The molecule has 1 aromatic rings. The van der Waals surface area contributed by atoms with E-state index in [0.717, 1.165) is 32.7 Å². The van der Waals surface area contributed by atoms with Gasteiger partial charge in [-0.05, 0) is 24.8 Å². The molecule has 148 valence electrons. The van der Waals surface area contributed by atoms with Crippen LogP contribution in [0.1, 0.15) is 23.2 Å². The molecule has 3 aliphatic heterocycles. The van der Waals surface area contributed by atoms with Gasteiger partial charge in [-0.3, -0.25) is 9.78 Å². The zero-order valence-electron chi connectivity index (χ0n) is 15.9. The van der Waals surface area contributed by atoms with E-state index in [2.05, 4.69) is 4.98 Å². The molecule has 0 radical (unpaired) electrons. The molecule has 4 heterocycles. The first kappa shape index (κ1) is 18.7. The van der Waals surface area contributed by atoms with Gasteiger partial charge in [0, 0.05) is 50.4 Å². The number of amides is 1. The summed E-state index contributed by atoms with van der Waals surface area (Å²) in [5.74, 6) is 1.41. The number of likely N-dealkylation sites (tertiary alicyclic amines) is 1. The molecule has 3 fully saturated rings. The average Bonchev–Trinajstić information content (AvgIpc) is 3.25. The van der Waals surface area contributed by atoms with Crippen molar-refractivity contribution >= 4 is 5.91 Å². The molecule has 0 unspecified atom stereocenters. The number of rotatable bonds is 6. The molecule has 0 aliphatic carbocycles. The number of nitrogens with zero attached hydrogens (tertiary/aromatic N) is 2. The Labute approximate surface area is 159 Å². The van der Waals surface area contributed by atoms with Gasteiger partial charge in [0.05, 0.1) is 38.7 Å². The molecule has 0 spiro atoms. The van der Waals surface area contributed by atoms with Crippen molar-refractivity contribution in [1.29, 1.82) is 0 Å². The minimum Gasteiger partial charge on any atom is -0.494 e. The lowest BCUT2D eigenvalue weighted by Crippen LogP contribution is -2.38. The monoisotopic (exact) mass is 376 g/mol. The zero-order valence-corrected chi connectivity index (χ0v) is 15.9. The van der Waals surface area contributed by atoms with Crippen LogP contribution in [-0.4, -0.2) is 75.6 Å². The molecule has 0 bridgehead atoms. The molecule has 0 saturated carbocycles. The second-order valence-electron chi connectivity index (χ2n) is 7.91. The summed E-state index contributed by atoms with van der Waals surface area (Å²) in [6.07, 6.45) is 5.35. The van der Waals surface area contributed by atoms with E-state index in [4.69, 9.17) is 18.9 Å². The maximum absolute atomic E-state index is 13.0. The fourth-order valence-electron chi connectivity index (χ4n) is 4.42. The van der Waals surface area contributed by atoms with Gasteiger partial charge in [-0.25, -0.2) is 0 Å². The highest BCUT2D eigenvalue weighted by atomic mass is 16.5. The van der Waals surface area contributed by atoms with Gasteiger partial charge in [0.2, 0.25) is 0 Å². The molecule has 3 saturated heterocycles. The Kier molecular flexibility index (Phi) is 5.61. The lowest BCUT2D eigenvalue weighted by molar-refractivity contribution is -0.0150. The summed E-state index contributed by atoms with van der Waals surface area (Å²) >= 11 is 0. The van der Waals surface area contributed by atoms with E-state index in [1.807, 2.05) is 4.90 Å². The standard InChI is InChI=1S/C20H28N2O5/c1-24-18-8-21-5-2-17(18)19(23)22-9-16-11-27-14-20(16,12-22)13-26-10-15-3-6-25-7-4-15/h2,5,8,15-16H,3-4,6-7,9-14H2,1H3/t16-,20-/m1/s1. The van der Waals surface area contributed by atoms with Crippen molar-refractivity contribution in [1.82, 2.24) is 9.88 Å². The third-order valence-corrected chi connectivity index (χ3v) is 6.13. The number of carbonyl (C=O) groups excluding carboxylic acids is 1. The average molecular weight is 376 g/mol. The maximum Gasteiger partial charge on any atom is 0.257 e. The second kappa shape index (κ2) is 8.12. The number of methoxy groups -OCH3 is 1. The molecular weight excluding hydrogens is 348 g/mol. The van der Waals surface area contributed by atoms with Crippen LogP contribution < -0.4 is 4.74 Å². The fourth-order valence-corrected chi connectivity index (χ4v) is 4.42. The van der Waals surface area contributed by atoms with Crippen molar-refractivity contribution in [2.45, 2.75) is 12.8 Å². The molecular formula is C20H28N2O5. The highest BCUT2D eigenvalue weighted by Crippen LogP contribution is 2.42. The molecule has 27 heavy (non-hydrogen) atoms. The van der Waals surface area contributed by atoms with E-state index in [1.165, 1.54) is 0 Å². The van der Waals surface area contributed by atoms with Crippen LogP contribution >= 0.6 is 0 Å². The van der Waals surface area contributed by atoms with E-state index in [0.29, 0.717) is 56.1 Å². The van der Waals surface area contributed by atoms with Crippen molar-refractivity contribution < 1.29 is 23.7 Å². The highest BCUT2D eigenvalue weighted by molar-refractivity contribution is 5.97. The van der Waals surface area contributed by atoms with Gasteiger partial charge in [0.25, 0.3) is 5.91 Å². The quantitative estimate of drug-likeness (QED) is 0.752. The Hall–Kier alpha value is -1.70. The lowest BCUT2D eigenvalue weighted by atomic mass is 9.82. The van der Waals surface area contributed by atoms with E-state index in [9.17, 15) is 4.79 Å². The summed E-state index contributed by atoms with van der Waals surface area (Å²) < 4.78 is 22.6. The van der Waals surface area contributed by atoms with Gasteiger partial charge in [0.15, 0.2) is 0 Å². The smallest absolute Gasteiger partial charge is 0.257 e. The van der Waals surface area contributed by atoms with Crippen LogP contribution in [0.5, 0.6) is 5.75 Å². The van der Waals surface area contributed by atoms with E-state index < -0.39 is 0 Å². The summed E-state index contributed by atoms with van der Waals surface area (Å²) in [6, 6.07) is 1.72. The first-order valence-electron chi connectivity index (χ1n) is 9.72. The number of hydrogen-bond donors (Lipinski definition) is 0. The Morgan fingerprint density at radius 3 is 3.04 bits per heavy atom. The Morgan fingerprint density at radius 2 is 2.22 bits per heavy atom. The SMILES string of the molecule is COc1cnccc1C(=O)N1C[C@@H]2COC[C@]2(COCC2CCOCC2)C1. The minimum absolute atomic E-state index is 0.00699. The zero-order chi connectivity index (χ0) is 18.7. The number of carbonyl (C=O) groups is 1. The van der Waals surface area contributed by atoms with Crippen LogP contribution in [0, 0.1) is 17.3 Å². The van der Waals surface area contributed by atoms with Gasteiger partial charge < -0.3 is 23.8 Å². The molecule has 4 rings (SSSR count). The first-order chi connectivity index (χ1) is 13.2. The number of hydrogen-bond acceptors (Lipinski definition) is 6. The fraction of sp³-hybridized carbons (Fsp3) is 0.700. The number of pyridine rings is 1. The normalized spacial score (nSPS) is 28.3. The van der Waals surface area contributed by atoms with Gasteiger partial charge in [-0.1, -0.05) is 0 Å². The highest BCUT2D eigenvalue weighted by Gasteiger charge is 2.52. The van der Waals surface area contributed by atoms with Crippen molar-refractivity contribution in [3.63, 3.8) is 0 Å². The molecule has 7 heteroatoms. The maximum atomic E-state index is 13.0. The van der Waals surface area contributed by atoms with Crippen LogP contribution in [0.2, 0.25) is 0 Å². The van der Waals surface area contributed by atoms with E-state index >= 15 is 0 Å². The van der Waals surface area contributed by atoms with Gasteiger partial charge in [-0.2, -0.15) is 0 Å². The Balaban J connectivity index is 1.39. The largest absolute Gasteiger partial charge is 0.494 e. The van der Waals surface area contributed by atoms with Gasteiger partial charge in [0.1, 0.15) is 5.75 Å². The molecule has 0 aromatic carbocycles. The third-order valence-electron chi connectivity index (χ3n) is 6.13. The van der Waals surface area contributed by atoms with Crippen LogP contribution in [0.3, 0.4) is 0 Å². The van der Waals surface area contributed by atoms with Crippen molar-refractivity contribution in [3.05, 3.63) is 24.0 Å². The van der Waals surface area contributed by atoms with Crippen LogP contribution in [-0.2, 0) is 14.2 Å². The summed E-state index contributed by atoms with van der Waals surface area (Å²) in [6.45, 7) is 5.79. The molecule has 3 aliphatic rings. The van der Waals surface area contributed by atoms with Crippen LogP contribution in [0.15, 0.2) is 18.5 Å². The number of fused-ring (bicyclic) bond motifs is 1. The summed E-state index contributed by atoms with van der Waals surface area (Å²) in [4.78, 5) is 19.0. The molecule has 2 atom stereocenters. The van der Waals surface area contributed by atoms with Crippen LogP contribution in [0.4, 0.5) is 0 Å². The molecule has 1 aromatic heterocycles. The number of ether oxygens (including phenoxy) is 4. The Bertz CT molecular complexity index is 664. The van der Waals surface area contributed by atoms with Gasteiger partial charge in [-0.15, -0.1) is 0 Å². The lowest BCUT2D eigenvalue weighted by Gasteiger charge is -2.29. The van der Waals surface area contributed by atoms with Crippen molar-refractivity contribution in [2.75, 3.05) is 59.8 Å². The topological polar surface area (TPSA) is 70.1 Å². The minimum atomic E-state index is -0.0961. The summed E-state index contributed by atoms with van der Waals surface area (Å²) in [5.41, 5.74) is 0.466. The first-order valence-corrected chi connectivity index (χ1v) is 9.72. The summed E-state index contributed by atoms with van der Waals surface area (Å²) in [5, 5.41) is 0. The predicted molar refractivity (Wildman–Crippen MR) is 97.8 cm³/mol. The molecule has 1 amide bonds. The number of aromatic nitrogens is 1. The third kappa shape index (κ3) is 3.81. The molecule has 0 N–H and O–H groups in total. The molecule has 7 nitrogen and oxygen atoms in total. The van der Waals surface area contributed by atoms with Crippen LogP contribution in [0.25, 0.3) is 0 Å². The predicted octanol–water partition coefficient (Wildman–Crippen LogP) is 1.62. The van der Waals surface area contributed by atoms with Crippen molar-refractivity contribution in [2.24, 2.45) is 17.3 Å². The second-order valence-corrected chi connectivity index (χ2v) is 7.91. The van der Waals surface area contributed by atoms with Crippen molar-refractivity contribution in [3.8, 4) is 5.75 Å². The van der Waals surface area contributed by atoms with E-state index in [-0.39, 0.29) is 11.3 Å². The van der Waals surface area contributed by atoms with E-state index in [1.54, 1.807) is 25.6 Å². The van der Waals surface area contributed by atoms with Gasteiger partial charge >= 0.3 is 0 Å². The Morgan fingerprint density at radius 1 is 1.37 bits per heavy atom.